The molecule has 8 N–H and O–H groups in total. The molecule has 35 heavy (non-hydrogen) atoms. The molecule has 0 aliphatic carbocycles. The SMILES string of the molecule is CC1c2c(O)c(O)c3c(O)c(O)c(O)c(O)c3c2Oc2c1c(O)c1c(=O)c(=O)c(=O)c(=O)c1c2O. The first-order chi connectivity index (χ1) is 16.3. The minimum absolute atomic E-state index is 0.381. The van der Waals surface area contributed by atoms with Crippen molar-refractivity contribution in [2.75, 3.05) is 0 Å². The summed E-state index contributed by atoms with van der Waals surface area (Å²) in [5, 5.41) is 79.8. The fourth-order valence-corrected chi connectivity index (χ4v) is 4.49. The predicted octanol–water partition coefficient (Wildman–Crippen LogP) is 0.212. The molecule has 178 valence electrons. The number of phenols is 8. The van der Waals surface area contributed by atoms with Crippen molar-refractivity contribution in [1.29, 1.82) is 0 Å². The van der Waals surface area contributed by atoms with E-state index in [9.17, 15) is 60.0 Å². The van der Waals surface area contributed by atoms with Gasteiger partial charge in [-0.3, -0.25) is 19.2 Å². The second kappa shape index (κ2) is 6.44. The molecule has 4 aromatic rings. The average molecular weight is 484 g/mol. The van der Waals surface area contributed by atoms with Crippen LogP contribution in [0, 0.1) is 0 Å². The first kappa shape index (κ1) is 21.6. The molecule has 4 aromatic carbocycles. The third kappa shape index (κ3) is 2.30. The van der Waals surface area contributed by atoms with Crippen molar-refractivity contribution in [2.24, 2.45) is 0 Å². The summed E-state index contributed by atoms with van der Waals surface area (Å²) in [4.78, 5) is 48.5. The van der Waals surface area contributed by atoms with Crippen LogP contribution in [0.3, 0.4) is 0 Å². The van der Waals surface area contributed by atoms with Crippen LogP contribution in [0.25, 0.3) is 21.5 Å². The zero-order chi connectivity index (χ0) is 25.8. The van der Waals surface area contributed by atoms with Crippen LogP contribution in [0.2, 0.25) is 0 Å². The maximum absolute atomic E-state index is 12.4. The van der Waals surface area contributed by atoms with Gasteiger partial charge in [-0.25, -0.2) is 0 Å². The van der Waals surface area contributed by atoms with E-state index in [4.69, 9.17) is 4.74 Å². The van der Waals surface area contributed by atoms with Gasteiger partial charge in [0.2, 0.25) is 22.4 Å². The molecule has 0 saturated heterocycles. The third-order valence-electron chi connectivity index (χ3n) is 6.17. The van der Waals surface area contributed by atoms with Crippen LogP contribution in [0.5, 0.6) is 57.5 Å². The highest BCUT2D eigenvalue weighted by atomic mass is 16.5. The van der Waals surface area contributed by atoms with Gasteiger partial charge < -0.3 is 45.6 Å². The van der Waals surface area contributed by atoms with Crippen molar-refractivity contribution in [3.05, 3.63) is 52.0 Å². The van der Waals surface area contributed by atoms with Crippen molar-refractivity contribution in [3.63, 3.8) is 0 Å². The van der Waals surface area contributed by atoms with Crippen LogP contribution in [0.1, 0.15) is 24.0 Å². The second-order valence-corrected chi connectivity index (χ2v) is 7.91. The van der Waals surface area contributed by atoms with Gasteiger partial charge in [0.05, 0.1) is 21.5 Å². The zero-order valence-corrected chi connectivity index (χ0v) is 17.2. The normalized spacial score (nSPS) is 14.6. The van der Waals surface area contributed by atoms with Crippen molar-refractivity contribution < 1.29 is 45.6 Å². The van der Waals surface area contributed by atoms with Crippen molar-refractivity contribution in [1.82, 2.24) is 0 Å². The first-order valence-electron chi connectivity index (χ1n) is 9.67. The molecular formula is C22H12O13. The Hall–Kier alpha value is -5.20. The van der Waals surface area contributed by atoms with Gasteiger partial charge in [0, 0.05) is 17.0 Å². The molecule has 1 atom stereocenters. The zero-order valence-electron chi connectivity index (χ0n) is 17.2. The molecule has 1 aliphatic rings. The summed E-state index contributed by atoms with van der Waals surface area (Å²) in [6.07, 6.45) is 0. The second-order valence-electron chi connectivity index (χ2n) is 7.91. The number of hydrogen-bond donors (Lipinski definition) is 8. The summed E-state index contributed by atoms with van der Waals surface area (Å²) in [6.45, 7) is 1.27. The standard InChI is InChI=1S/C22H12O13/c1-2-3-9(23)5-6(13(27)18(32)17(31)12(5)26)16(30)22(3)35-21-4(2)10(24)11(25)7-8(21)15(29)20(34)19(33)14(7)28/h2,23-25,28-30,33-34H,1H3. The van der Waals surface area contributed by atoms with Crippen molar-refractivity contribution in [2.45, 2.75) is 12.8 Å². The Kier molecular flexibility index (Phi) is 3.98. The highest BCUT2D eigenvalue weighted by molar-refractivity contribution is 6.09. The summed E-state index contributed by atoms with van der Waals surface area (Å²) in [7, 11) is 0. The number of hydrogen-bond acceptors (Lipinski definition) is 13. The number of fused-ring (bicyclic) bond motifs is 5. The summed E-state index contributed by atoms with van der Waals surface area (Å²) in [5.41, 5.74) is -7.45. The van der Waals surface area contributed by atoms with Gasteiger partial charge in [-0.1, -0.05) is 6.92 Å². The largest absolute Gasteiger partial charge is 0.507 e. The Labute approximate surface area is 190 Å². The van der Waals surface area contributed by atoms with E-state index >= 15 is 0 Å². The molecule has 0 amide bonds. The molecule has 0 bridgehead atoms. The van der Waals surface area contributed by atoms with Crippen LogP contribution >= 0.6 is 0 Å². The van der Waals surface area contributed by atoms with Crippen LogP contribution in [0.15, 0.2) is 19.2 Å². The molecule has 0 saturated carbocycles. The fraction of sp³-hybridized carbons (Fsp3) is 0.0909. The van der Waals surface area contributed by atoms with E-state index in [0.29, 0.717) is 0 Å². The molecule has 13 heteroatoms. The molecule has 0 spiro atoms. The number of benzene rings is 4. The van der Waals surface area contributed by atoms with Crippen LogP contribution in [0.4, 0.5) is 0 Å². The molecule has 1 unspecified atom stereocenters. The van der Waals surface area contributed by atoms with Crippen LogP contribution < -0.4 is 26.5 Å². The van der Waals surface area contributed by atoms with Gasteiger partial charge >= 0.3 is 0 Å². The monoisotopic (exact) mass is 484 g/mol. The van der Waals surface area contributed by atoms with Crippen LogP contribution in [-0.4, -0.2) is 40.9 Å². The predicted molar refractivity (Wildman–Crippen MR) is 116 cm³/mol. The van der Waals surface area contributed by atoms with Gasteiger partial charge in [-0.05, 0) is 0 Å². The molecule has 13 nitrogen and oxygen atoms in total. The van der Waals surface area contributed by atoms with E-state index in [0.717, 1.165) is 0 Å². The van der Waals surface area contributed by atoms with Gasteiger partial charge in [-0.2, -0.15) is 0 Å². The van der Waals surface area contributed by atoms with Gasteiger partial charge in [-0.15, -0.1) is 0 Å². The van der Waals surface area contributed by atoms with E-state index in [1.807, 2.05) is 0 Å². The Morgan fingerprint density at radius 2 is 0.886 bits per heavy atom. The minimum Gasteiger partial charge on any atom is -0.507 e. The quantitative estimate of drug-likeness (QED) is 0.0947. The molecule has 1 aliphatic heterocycles. The summed E-state index contributed by atoms with van der Waals surface area (Å²) < 4.78 is 5.55. The van der Waals surface area contributed by atoms with Crippen molar-refractivity contribution in [3.8, 4) is 57.5 Å². The topological polar surface area (TPSA) is 239 Å². The van der Waals surface area contributed by atoms with E-state index in [-0.39, 0.29) is 5.56 Å². The third-order valence-corrected chi connectivity index (χ3v) is 6.17. The molecular weight excluding hydrogens is 472 g/mol. The van der Waals surface area contributed by atoms with E-state index in [2.05, 4.69) is 0 Å². The van der Waals surface area contributed by atoms with E-state index in [1.165, 1.54) is 6.92 Å². The number of ether oxygens (including phenoxy) is 1. The molecule has 0 aromatic heterocycles. The summed E-state index contributed by atoms with van der Waals surface area (Å²) in [5.74, 6) is -11.6. The number of aromatic hydroxyl groups is 8. The fourth-order valence-electron chi connectivity index (χ4n) is 4.49. The van der Waals surface area contributed by atoms with Crippen LogP contribution in [-0.2, 0) is 0 Å². The first-order valence-corrected chi connectivity index (χ1v) is 9.67. The average Bonchev–Trinajstić information content (AvgIpc) is 2.82. The highest BCUT2D eigenvalue weighted by Crippen LogP contribution is 2.63. The van der Waals surface area contributed by atoms with Gasteiger partial charge in [0.25, 0.3) is 10.9 Å². The maximum atomic E-state index is 12.4. The van der Waals surface area contributed by atoms with E-state index in [1.54, 1.807) is 0 Å². The molecule has 5 rings (SSSR count). The Bertz CT molecular complexity index is 1900. The van der Waals surface area contributed by atoms with Gasteiger partial charge in [0.15, 0.2) is 34.5 Å². The highest BCUT2D eigenvalue weighted by Gasteiger charge is 2.40. The Morgan fingerprint density at radius 1 is 0.457 bits per heavy atom. The maximum Gasteiger partial charge on any atom is 0.277 e. The van der Waals surface area contributed by atoms with E-state index < -0.39 is 112 Å². The lowest BCUT2D eigenvalue weighted by atomic mass is 9.84. The minimum atomic E-state index is -1.75. The lowest BCUT2D eigenvalue weighted by molar-refractivity contribution is 0.344. The molecule has 0 radical (unpaired) electrons. The van der Waals surface area contributed by atoms with Gasteiger partial charge in [0.1, 0.15) is 11.5 Å². The molecule has 0 fully saturated rings. The molecule has 1 heterocycles. The van der Waals surface area contributed by atoms with Crippen molar-refractivity contribution >= 4 is 21.5 Å². The lowest BCUT2D eigenvalue weighted by Crippen LogP contribution is -2.46. The number of rotatable bonds is 0. The number of phenolic OH excluding ortho intramolecular Hbond substituents is 8. The lowest BCUT2D eigenvalue weighted by Gasteiger charge is -2.30. The smallest absolute Gasteiger partial charge is 0.277 e. The Balaban J connectivity index is 2.03. The summed E-state index contributed by atoms with van der Waals surface area (Å²) >= 11 is 0. The Morgan fingerprint density at radius 3 is 1.43 bits per heavy atom. The summed E-state index contributed by atoms with van der Waals surface area (Å²) in [6, 6.07) is 0.